The summed E-state index contributed by atoms with van der Waals surface area (Å²) in [5.74, 6) is 0. The molecule has 0 aromatic heterocycles. The van der Waals surface area contributed by atoms with Crippen LogP contribution in [0.5, 0.6) is 0 Å². The Kier molecular flexibility index (Phi) is 24.6. The maximum absolute atomic E-state index is 12.4. The number of nitrogens with one attached hydrogen (secondary N) is 1. The quantitative estimate of drug-likeness (QED) is 0.0885. The SMILES string of the molecule is CCCCCCCCCCCCCCCCCCNC(=O)OCC(O)CCP(=O)(OCC)OCC. The van der Waals surface area contributed by atoms with E-state index in [-0.39, 0.29) is 32.4 Å². The Morgan fingerprint density at radius 1 is 0.743 bits per heavy atom. The Morgan fingerprint density at radius 2 is 1.17 bits per heavy atom. The van der Waals surface area contributed by atoms with Gasteiger partial charge in [-0.25, -0.2) is 4.79 Å². The lowest BCUT2D eigenvalue weighted by molar-refractivity contribution is 0.0655. The summed E-state index contributed by atoms with van der Waals surface area (Å²) in [5, 5.41) is 12.7. The monoisotopic (exact) mass is 521 g/mol. The van der Waals surface area contributed by atoms with E-state index >= 15 is 0 Å². The summed E-state index contributed by atoms with van der Waals surface area (Å²) in [6.07, 6.45) is 20.0. The number of aliphatic hydroxyl groups excluding tert-OH is 1. The molecule has 0 aliphatic rings. The first-order valence-corrected chi connectivity index (χ1v) is 16.2. The Bertz CT molecular complexity index is 510. The number of carbonyl (C=O) groups excluding carboxylic acids is 1. The van der Waals surface area contributed by atoms with Gasteiger partial charge in [-0.1, -0.05) is 103 Å². The van der Waals surface area contributed by atoms with Crippen molar-refractivity contribution in [2.24, 2.45) is 0 Å². The molecule has 1 atom stereocenters. The van der Waals surface area contributed by atoms with Crippen LogP contribution in [-0.2, 0) is 18.3 Å². The van der Waals surface area contributed by atoms with Crippen molar-refractivity contribution in [3.8, 4) is 0 Å². The van der Waals surface area contributed by atoms with E-state index in [1.807, 2.05) is 0 Å². The van der Waals surface area contributed by atoms with Gasteiger partial charge in [-0.3, -0.25) is 4.57 Å². The molecule has 210 valence electrons. The number of ether oxygens (including phenoxy) is 1. The predicted molar refractivity (Wildman–Crippen MR) is 145 cm³/mol. The van der Waals surface area contributed by atoms with E-state index in [4.69, 9.17) is 13.8 Å². The normalized spacial score (nSPS) is 12.6. The molecule has 0 aliphatic heterocycles. The standard InChI is InChI=1S/C27H56NO6P/c1-4-7-8-9-10-11-12-13-14-15-16-17-18-19-20-21-23-28-27(30)32-25-26(29)22-24-35(31,33-5-2)34-6-3/h26,29H,4-25H2,1-3H3,(H,28,30). The van der Waals surface area contributed by atoms with Crippen LogP contribution in [-0.4, -0.2) is 49.8 Å². The summed E-state index contributed by atoms with van der Waals surface area (Å²) in [5.41, 5.74) is 0. The zero-order valence-electron chi connectivity index (χ0n) is 23.1. The number of alkyl carbamates (subject to hydrolysis) is 1. The maximum atomic E-state index is 12.4. The predicted octanol–water partition coefficient (Wildman–Crippen LogP) is 7.99. The Morgan fingerprint density at radius 3 is 1.60 bits per heavy atom. The van der Waals surface area contributed by atoms with Gasteiger partial charge >= 0.3 is 13.7 Å². The van der Waals surface area contributed by atoms with Gasteiger partial charge in [0.2, 0.25) is 0 Å². The number of unbranched alkanes of at least 4 members (excludes halogenated alkanes) is 15. The average Bonchev–Trinajstić information content (AvgIpc) is 2.83. The summed E-state index contributed by atoms with van der Waals surface area (Å²) < 4.78 is 27.8. The number of rotatable bonds is 26. The fourth-order valence-corrected chi connectivity index (χ4v) is 5.77. The van der Waals surface area contributed by atoms with Crippen LogP contribution < -0.4 is 5.32 Å². The van der Waals surface area contributed by atoms with Crippen molar-refractivity contribution in [2.75, 3.05) is 32.5 Å². The van der Waals surface area contributed by atoms with Crippen LogP contribution in [0.15, 0.2) is 0 Å². The van der Waals surface area contributed by atoms with Gasteiger partial charge in [-0.05, 0) is 26.7 Å². The van der Waals surface area contributed by atoms with Gasteiger partial charge in [0.25, 0.3) is 0 Å². The molecule has 0 aromatic rings. The first-order chi connectivity index (χ1) is 17.0. The molecular formula is C27H56NO6P. The van der Waals surface area contributed by atoms with Gasteiger partial charge in [0.05, 0.1) is 25.5 Å². The summed E-state index contributed by atoms with van der Waals surface area (Å²) in [6.45, 7) is 6.77. The highest BCUT2D eigenvalue weighted by molar-refractivity contribution is 7.53. The molecule has 0 bridgehead atoms. The fourth-order valence-electron chi connectivity index (χ4n) is 4.04. The third kappa shape index (κ3) is 23.5. The highest BCUT2D eigenvalue weighted by Crippen LogP contribution is 2.48. The number of aliphatic hydroxyl groups is 1. The molecule has 0 rings (SSSR count). The van der Waals surface area contributed by atoms with E-state index in [0.717, 1.165) is 12.8 Å². The van der Waals surface area contributed by atoms with Crippen molar-refractivity contribution < 1.29 is 28.3 Å². The van der Waals surface area contributed by atoms with Crippen LogP contribution in [0.1, 0.15) is 130 Å². The largest absolute Gasteiger partial charge is 0.447 e. The van der Waals surface area contributed by atoms with E-state index in [1.165, 1.54) is 89.9 Å². The Hall–Kier alpha value is -0.620. The lowest BCUT2D eigenvalue weighted by atomic mass is 10.0. The second kappa shape index (κ2) is 25.0. The number of carbonyl (C=O) groups is 1. The lowest BCUT2D eigenvalue weighted by Gasteiger charge is -2.18. The molecule has 0 heterocycles. The van der Waals surface area contributed by atoms with Crippen LogP contribution in [0, 0.1) is 0 Å². The van der Waals surface area contributed by atoms with Crippen LogP contribution in [0.3, 0.4) is 0 Å². The average molecular weight is 522 g/mol. The second-order valence-corrected chi connectivity index (χ2v) is 11.6. The smallest absolute Gasteiger partial charge is 0.407 e. The molecule has 1 amide bonds. The molecule has 7 nitrogen and oxygen atoms in total. The van der Waals surface area contributed by atoms with Crippen molar-refractivity contribution in [1.29, 1.82) is 0 Å². The van der Waals surface area contributed by atoms with E-state index in [1.54, 1.807) is 13.8 Å². The zero-order chi connectivity index (χ0) is 26.0. The Labute approximate surface area is 216 Å². The number of amides is 1. The van der Waals surface area contributed by atoms with Crippen molar-refractivity contribution >= 4 is 13.7 Å². The van der Waals surface area contributed by atoms with Crippen LogP contribution >= 0.6 is 7.60 Å². The minimum absolute atomic E-state index is 0.0972. The van der Waals surface area contributed by atoms with Gasteiger partial charge in [0, 0.05) is 6.54 Å². The van der Waals surface area contributed by atoms with Gasteiger partial charge in [-0.2, -0.15) is 0 Å². The second-order valence-electron chi connectivity index (χ2n) is 9.44. The minimum atomic E-state index is -3.19. The summed E-state index contributed by atoms with van der Waals surface area (Å²) in [7, 11) is -3.19. The molecule has 35 heavy (non-hydrogen) atoms. The Balaban J connectivity index is 3.46. The van der Waals surface area contributed by atoms with Crippen LogP contribution in [0.25, 0.3) is 0 Å². The van der Waals surface area contributed by atoms with Crippen molar-refractivity contribution in [3.63, 3.8) is 0 Å². The third-order valence-corrected chi connectivity index (χ3v) is 8.20. The highest BCUT2D eigenvalue weighted by atomic mass is 31.2. The van der Waals surface area contributed by atoms with Crippen molar-refractivity contribution in [1.82, 2.24) is 5.32 Å². The molecule has 0 saturated carbocycles. The molecule has 8 heteroatoms. The number of hydrogen-bond acceptors (Lipinski definition) is 6. The summed E-state index contributed by atoms with van der Waals surface area (Å²) in [6, 6.07) is 0. The van der Waals surface area contributed by atoms with E-state index in [9.17, 15) is 14.5 Å². The topological polar surface area (TPSA) is 94.1 Å². The van der Waals surface area contributed by atoms with Crippen molar-refractivity contribution in [3.05, 3.63) is 0 Å². The zero-order valence-corrected chi connectivity index (χ0v) is 24.0. The molecule has 0 spiro atoms. The maximum Gasteiger partial charge on any atom is 0.407 e. The first kappa shape index (κ1) is 34.4. The molecule has 1 unspecified atom stereocenters. The summed E-state index contributed by atoms with van der Waals surface area (Å²) in [4.78, 5) is 11.8. The molecule has 0 radical (unpaired) electrons. The van der Waals surface area contributed by atoms with Gasteiger partial charge in [0.15, 0.2) is 0 Å². The number of hydrogen-bond donors (Lipinski definition) is 2. The van der Waals surface area contributed by atoms with Gasteiger partial charge in [-0.15, -0.1) is 0 Å². The van der Waals surface area contributed by atoms with Gasteiger partial charge in [0.1, 0.15) is 6.61 Å². The molecule has 2 N–H and O–H groups in total. The third-order valence-electron chi connectivity index (χ3n) is 6.09. The van der Waals surface area contributed by atoms with Gasteiger partial charge < -0.3 is 24.2 Å². The summed E-state index contributed by atoms with van der Waals surface area (Å²) >= 11 is 0. The first-order valence-electron chi connectivity index (χ1n) is 14.4. The molecule has 0 saturated heterocycles. The molecule has 0 fully saturated rings. The fraction of sp³-hybridized carbons (Fsp3) is 0.963. The van der Waals surface area contributed by atoms with Crippen molar-refractivity contribution in [2.45, 2.75) is 136 Å². The van der Waals surface area contributed by atoms with Crippen LogP contribution in [0.2, 0.25) is 0 Å². The molecule has 0 aromatic carbocycles. The van der Waals surface area contributed by atoms with E-state index < -0.39 is 19.8 Å². The minimum Gasteiger partial charge on any atom is -0.447 e. The molecule has 0 aliphatic carbocycles. The highest BCUT2D eigenvalue weighted by Gasteiger charge is 2.25. The van der Waals surface area contributed by atoms with E-state index in [2.05, 4.69) is 12.2 Å². The molecular weight excluding hydrogens is 465 g/mol. The lowest BCUT2D eigenvalue weighted by Crippen LogP contribution is -2.29. The van der Waals surface area contributed by atoms with E-state index in [0.29, 0.717) is 6.54 Å². The van der Waals surface area contributed by atoms with Crippen LogP contribution in [0.4, 0.5) is 4.79 Å².